The molecule has 1 aromatic heterocycles. The molecule has 0 amide bonds. The Balaban J connectivity index is 2.38. The SMILES string of the molecule is O=c1ccc(=O)n(Cc2cc(F)cc(C#CCO)c2)[nH]1. The van der Waals surface area contributed by atoms with Crippen LogP contribution in [0, 0.1) is 17.7 Å². The Labute approximate surface area is 113 Å². The molecule has 6 heteroatoms. The molecule has 0 saturated heterocycles. The zero-order valence-corrected chi connectivity index (χ0v) is 10.4. The first-order valence-corrected chi connectivity index (χ1v) is 5.78. The van der Waals surface area contributed by atoms with E-state index in [9.17, 15) is 14.0 Å². The Morgan fingerprint density at radius 3 is 2.80 bits per heavy atom. The molecule has 0 aliphatic rings. The lowest BCUT2D eigenvalue weighted by Crippen LogP contribution is -2.28. The van der Waals surface area contributed by atoms with E-state index < -0.39 is 16.9 Å². The lowest BCUT2D eigenvalue weighted by molar-refractivity contribution is 0.350. The van der Waals surface area contributed by atoms with Crippen molar-refractivity contribution in [1.82, 2.24) is 9.78 Å². The van der Waals surface area contributed by atoms with E-state index in [1.165, 1.54) is 12.1 Å². The average Bonchev–Trinajstić information content (AvgIpc) is 2.40. The van der Waals surface area contributed by atoms with Crippen LogP contribution in [0.15, 0.2) is 39.9 Å². The van der Waals surface area contributed by atoms with Crippen LogP contribution in [0.2, 0.25) is 0 Å². The van der Waals surface area contributed by atoms with Gasteiger partial charge in [0.05, 0.1) is 6.54 Å². The molecule has 2 rings (SSSR count). The van der Waals surface area contributed by atoms with E-state index in [1.807, 2.05) is 0 Å². The van der Waals surface area contributed by atoms with Crippen molar-refractivity contribution in [2.24, 2.45) is 0 Å². The van der Waals surface area contributed by atoms with E-state index in [0.717, 1.165) is 16.8 Å². The molecule has 20 heavy (non-hydrogen) atoms. The molecule has 0 unspecified atom stereocenters. The molecular weight excluding hydrogens is 263 g/mol. The maximum absolute atomic E-state index is 13.4. The van der Waals surface area contributed by atoms with Gasteiger partial charge in [-0.15, -0.1) is 0 Å². The quantitative estimate of drug-likeness (QED) is 0.761. The summed E-state index contributed by atoms with van der Waals surface area (Å²) >= 11 is 0. The Kier molecular flexibility index (Phi) is 4.13. The van der Waals surface area contributed by atoms with Crippen molar-refractivity contribution in [3.05, 3.63) is 68.0 Å². The van der Waals surface area contributed by atoms with Crippen LogP contribution >= 0.6 is 0 Å². The number of hydrogen-bond acceptors (Lipinski definition) is 3. The molecule has 0 bridgehead atoms. The second-order valence-corrected chi connectivity index (χ2v) is 4.04. The standard InChI is InChI=1S/C14H11FN2O3/c15-12-7-10(2-1-5-18)6-11(8-12)9-17-14(20)4-3-13(19)16-17/h3-4,6-8,18H,5,9H2,(H,16,19). The summed E-state index contributed by atoms with van der Waals surface area (Å²) in [5.74, 6) is 4.50. The van der Waals surface area contributed by atoms with Crippen LogP contribution in [-0.2, 0) is 6.54 Å². The number of aromatic nitrogens is 2. The molecule has 0 aliphatic carbocycles. The van der Waals surface area contributed by atoms with Crippen LogP contribution in [0.4, 0.5) is 4.39 Å². The third-order valence-corrected chi connectivity index (χ3v) is 2.50. The summed E-state index contributed by atoms with van der Waals surface area (Å²) in [7, 11) is 0. The molecule has 0 saturated carbocycles. The third kappa shape index (κ3) is 3.43. The van der Waals surface area contributed by atoms with Gasteiger partial charge in [0.2, 0.25) is 0 Å². The van der Waals surface area contributed by atoms with Crippen molar-refractivity contribution in [3.8, 4) is 11.8 Å². The number of benzene rings is 1. The van der Waals surface area contributed by atoms with Crippen LogP contribution in [-0.4, -0.2) is 21.5 Å². The highest BCUT2D eigenvalue weighted by molar-refractivity contribution is 5.37. The Hall–Kier alpha value is -2.65. The van der Waals surface area contributed by atoms with Crippen molar-refractivity contribution in [2.45, 2.75) is 6.54 Å². The molecule has 0 fully saturated rings. The van der Waals surface area contributed by atoms with Crippen molar-refractivity contribution >= 4 is 0 Å². The zero-order chi connectivity index (χ0) is 14.5. The number of nitrogens with zero attached hydrogens (tertiary/aromatic N) is 1. The fourth-order valence-electron chi connectivity index (χ4n) is 1.72. The van der Waals surface area contributed by atoms with Crippen LogP contribution < -0.4 is 11.1 Å². The van der Waals surface area contributed by atoms with Gasteiger partial charge in [0.15, 0.2) is 0 Å². The molecule has 0 spiro atoms. The summed E-state index contributed by atoms with van der Waals surface area (Å²) in [4.78, 5) is 22.7. The number of aliphatic hydroxyl groups is 1. The molecule has 1 heterocycles. The monoisotopic (exact) mass is 274 g/mol. The van der Waals surface area contributed by atoms with Gasteiger partial charge >= 0.3 is 0 Å². The molecule has 1 aromatic carbocycles. The number of rotatable bonds is 2. The summed E-state index contributed by atoms with van der Waals surface area (Å²) in [6.45, 7) is -0.294. The van der Waals surface area contributed by atoms with Gasteiger partial charge in [-0.05, 0) is 23.8 Å². The predicted molar refractivity (Wildman–Crippen MR) is 70.8 cm³/mol. The average molecular weight is 274 g/mol. The molecule has 0 atom stereocenters. The van der Waals surface area contributed by atoms with E-state index >= 15 is 0 Å². The highest BCUT2D eigenvalue weighted by atomic mass is 19.1. The van der Waals surface area contributed by atoms with Gasteiger partial charge in [0, 0.05) is 17.7 Å². The maximum atomic E-state index is 13.4. The van der Waals surface area contributed by atoms with Gasteiger partial charge in [0.1, 0.15) is 12.4 Å². The van der Waals surface area contributed by atoms with Crippen molar-refractivity contribution in [1.29, 1.82) is 0 Å². The van der Waals surface area contributed by atoms with Gasteiger partial charge in [0.25, 0.3) is 11.1 Å². The van der Waals surface area contributed by atoms with E-state index in [1.54, 1.807) is 6.07 Å². The number of nitrogens with one attached hydrogen (secondary N) is 1. The fourth-order valence-corrected chi connectivity index (χ4v) is 1.72. The molecular formula is C14H11FN2O3. The van der Waals surface area contributed by atoms with Crippen LogP contribution in [0.5, 0.6) is 0 Å². The minimum absolute atomic E-state index is 0.0283. The topological polar surface area (TPSA) is 75.1 Å². The van der Waals surface area contributed by atoms with Gasteiger partial charge in [-0.25, -0.2) is 9.07 Å². The summed E-state index contributed by atoms with van der Waals surface area (Å²) in [5.41, 5.74) is 0.0646. The first kappa shape index (κ1) is 13.8. The van der Waals surface area contributed by atoms with Crippen LogP contribution in [0.25, 0.3) is 0 Å². The van der Waals surface area contributed by atoms with Gasteiger partial charge in [-0.1, -0.05) is 11.8 Å². The minimum atomic E-state index is -0.504. The lowest BCUT2D eigenvalue weighted by atomic mass is 10.1. The van der Waals surface area contributed by atoms with Crippen molar-refractivity contribution in [2.75, 3.05) is 6.61 Å². The van der Waals surface area contributed by atoms with E-state index in [-0.39, 0.29) is 13.2 Å². The second kappa shape index (κ2) is 5.99. The van der Waals surface area contributed by atoms with Crippen LogP contribution in [0.3, 0.4) is 0 Å². The molecule has 0 aliphatic heterocycles. The summed E-state index contributed by atoms with van der Waals surface area (Å²) < 4.78 is 14.5. The highest BCUT2D eigenvalue weighted by Crippen LogP contribution is 2.09. The fraction of sp³-hybridized carbons (Fsp3) is 0.143. The summed E-state index contributed by atoms with van der Waals surface area (Å²) in [5, 5.41) is 11.0. The zero-order valence-electron chi connectivity index (χ0n) is 10.4. The Morgan fingerprint density at radius 1 is 1.25 bits per heavy atom. The number of H-pyrrole nitrogens is 1. The number of hydrogen-bond donors (Lipinski definition) is 2. The van der Waals surface area contributed by atoms with Gasteiger partial charge in [-0.3, -0.25) is 14.7 Å². The number of aliphatic hydroxyl groups excluding tert-OH is 1. The normalized spacial score (nSPS) is 9.90. The molecule has 2 N–H and O–H groups in total. The van der Waals surface area contributed by atoms with Crippen molar-refractivity contribution < 1.29 is 9.50 Å². The first-order valence-electron chi connectivity index (χ1n) is 5.78. The molecule has 102 valence electrons. The third-order valence-electron chi connectivity index (χ3n) is 2.50. The summed E-state index contributed by atoms with van der Waals surface area (Å²) in [6.07, 6.45) is 0. The Morgan fingerprint density at radius 2 is 2.05 bits per heavy atom. The maximum Gasteiger partial charge on any atom is 0.265 e. The molecule has 5 nitrogen and oxygen atoms in total. The highest BCUT2D eigenvalue weighted by Gasteiger charge is 2.03. The first-order chi connectivity index (χ1) is 9.58. The van der Waals surface area contributed by atoms with Gasteiger partial charge in [-0.2, -0.15) is 0 Å². The lowest BCUT2D eigenvalue weighted by Gasteiger charge is -2.06. The number of aromatic amines is 1. The Bertz CT molecular complexity index is 796. The van der Waals surface area contributed by atoms with E-state index in [2.05, 4.69) is 16.9 Å². The summed E-state index contributed by atoms with van der Waals surface area (Å²) in [6, 6.07) is 6.33. The predicted octanol–water partition coefficient (Wildman–Crippen LogP) is 0.0678. The minimum Gasteiger partial charge on any atom is -0.384 e. The number of halogens is 1. The van der Waals surface area contributed by atoms with Gasteiger partial charge < -0.3 is 5.11 Å². The largest absolute Gasteiger partial charge is 0.384 e. The molecule has 0 radical (unpaired) electrons. The smallest absolute Gasteiger partial charge is 0.265 e. The molecule has 2 aromatic rings. The van der Waals surface area contributed by atoms with E-state index in [4.69, 9.17) is 5.11 Å². The van der Waals surface area contributed by atoms with Crippen LogP contribution in [0.1, 0.15) is 11.1 Å². The second-order valence-electron chi connectivity index (χ2n) is 4.04. The van der Waals surface area contributed by atoms with E-state index in [0.29, 0.717) is 11.1 Å². The van der Waals surface area contributed by atoms with Crippen molar-refractivity contribution in [3.63, 3.8) is 0 Å².